The summed E-state index contributed by atoms with van der Waals surface area (Å²) >= 11 is 3.43. The van der Waals surface area contributed by atoms with Crippen LogP contribution in [0.5, 0.6) is 5.75 Å². The van der Waals surface area contributed by atoms with E-state index in [-0.39, 0.29) is 0 Å². The van der Waals surface area contributed by atoms with E-state index in [4.69, 9.17) is 4.74 Å². The quantitative estimate of drug-likeness (QED) is 0.940. The molecule has 0 saturated carbocycles. The van der Waals surface area contributed by atoms with Gasteiger partial charge in [0.15, 0.2) is 0 Å². The van der Waals surface area contributed by atoms with Crippen molar-refractivity contribution in [3.8, 4) is 5.75 Å². The van der Waals surface area contributed by atoms with Crippen LogP contribution in [0.15, 0.2) is 28.9 Å². The van der Waals surface area contributed by atoms with Crippen molar-refractivity contribution in [2.24, 2.45) is 7.05 Å². The van der Waals surface area contributed by atoms with Crippen molar-refractivity contribution in [1.29, 1.82) is 0 Å². The predicted molar refractivity (Wildman–Crippen MR) is 69.0 cm³/mol. The number of aryl methyl sites for hydroxylation is 1. The predicted octanol–water partition coefficient (Wildman–Crippen LogP) is 2.20. The summed E-state index contributed by atoms with van der Waals surface area (Å²) < 4.78 is 7.84. The second-order valence-electron chi connectivity index (χ2n) is 3.62. The first-order valence-electron chi connectivity index (χ1n) is 5.11. The van der Waals surface area contributed by atoms with Gasteiger partial charge < -0.3 is 10.1 Å². The van der Waals surface area contributed by atoms with E-state index >= 15 is 0 Å². The zero-order valence-electron chi connectivity index (χ0n) is 9.64. The Balaban J connectivity index is 2.05. The van der Waals surface area contributed by atoms with Gasteiger partial charge in [-0.15, -0.1) is 5.10 Å². The van der Waals surface area contributed by atoms with Gasteiger partial charge in [-0.05, 0) is 12.1 Å². The highest BCUT2D eigenvalue weighted by Crippen LogP contribution is 2.24. The zero-order valence-corrected chi connectivity index (χ0v) is 11.2. The SMILES string of the molecule is COc1cc(Br)cc(NCc2cn(C)nn2)c1. The number of benzene rings is 1. The van der Waals surface area contributed by atoms with Gasteiger partial charge in [0.2, 0.25) is 0 Å². The molecule has 1 aromatic carbocycles. The molecule has 17 heavy (non-hydrogen) atoms. The lowest BCUT2D eigenvalue weighted by Crippen LogP contribution is -2.00. The maximum absolute atomic E-state index is 5.19. The molecule has 5 nitrogen and oxygen atoms in total. The van der Waals surface area contributed by atoms with E-state index < -0.39 is 0 Å². The van der Waals surface area contributed by atoms with Crippen molar-refractivity contribution in [2.75, 3.05) is 12.4 Å². The largest absolute Gasteiger partial charge is 0.497 e. The minimum absolute atomic E-state index is 0.632. The Morgan fingerprint density at radius 2 is 2.24 bits per heavy atom. The molecule has 1 aromatic heterocycles. The van der Waals surface area contributed by atoms with E-state index in [2.05, 4.69) is 31.6 Å². The lowest BCUT2D eigenvalue weighted by molar-refractivity contribution is 0.414. The third-order valence-corrected chi connectivity index (χ3v) is 2.69. The summed E-state index contributed by atoms with van der Waals surface area (Å²) in [6.07, 6.45) is 1.88. The summed E-state index contributed by atoms with van der Waals surface area (Å²) in [5.74, 6) is 0.807. The number of nitrogens with one attached hydrogen (secondary N) is 1. The molecular formula is C11H13BrN4O. The number of ether oxygens (including phenoxy) is 1. The molecule has 90 valence electrons. The van der Waals surface area contributed by atoms with Gasteiger partial charge >= 0.3 is 0 Å². The molecule has 1 N–H and O–H groups in total. The molecule has 2 aromatic rings. The average Bonchev–Trinajstić information content (AvgIpc) is 2.72. The first kappa shape index (κ1) is 11.9. The number of aromatic nitrogens is 3. The summed E-state index contributed by atoms with van der Waals surface area (Å²) in [4.78, 5) is 0. The molecule has 0 aliphatic rings. The number of halogens is 1. The molecule has 2 rings (SSSR count). The summed E-state index contributed by atoms with van der Waals surface area (Å²) in [5.41, 5.74) is 1.87. The zero-order chi connectivity index (χ0) is 12.3. The van der Waals surface area contributed by atoms with Crippen LogP contribution in [0.2, 0.25) is 0 Å². The number of anilines is 1. The highest BCUT2D eigenvalue weighted by molar-refractivity contribution is 9.10. The highest BCUT2D eigenvalue weighted by Gasteiger charge is 2.01. The van der Waals surface area contributed by atoms with E-state index in [1.54, 1.807) is 11.8 Å². The minimum Gasteiger partial charge on any atom is -0.497 e. The second-order valence-corrected chi connectivity index (χ2v) is 4.53. The van der Waals surface area contributed by atoms with Gasteiger partial charge in [0.25, 0.3) is 0 Å². The van der Waals surface area contributed by atoms with E-state index in [0.717, 1.165) is 21.6 Å². The fraction of sp³-hybridized carbons (Fsp3) is 0.273. The second kappa shape index (κ2) is 5.18. The van der Waals surface area contributed by atoms with Crippen molar-refractivity contribution >= 4 is 21.6 Å². The molecule has 0 unspecified atom stereocenters. The Morgan fingerprint density at radius 1 is 1.41 bits per heavy atom. The topological polar surface area (TPSA) is 52.0 Å². The first-order chi connectivity index (χ1) is 8.17. The van der Waals surface area contributed by atoms with Crippen LogP contribution in [0.25, 0.3) is 0 Å². The third kappa shape index (κ3) is 3.20. The molecular weight excluding hydrogens is 284 g/mol. The van der Waals surface area contributed by atoms with E-state index in [9.17, 15) is 0 Å². The number of methoxy groups -OCH3 is 1. The molecule has 0 aliphatic carbocycles. The van der Waals surface area contributed by atoms with Crippen LogP contribution in [0.1, 0.15) is 5.69 Å². The van der Waals surface area contributed by atoms with Gasteiger partial charge in [-0.25, -0.2) is 0 Å². The average molecular weight is 297 g/mol. The normalized spacial score (nSPS) is 10.3. The Labute approximate surface area is 108 Å². The Morgan fingerprint density at radius 3 is 2.88 bits per heavy atom. The molecule has 0 fully saturated rings. The van der Waals surface area contributed by atoms with E-state index in [0.29, 0.717) is 6.54 Å². The van der Waals surface area contributed by atoms with Gasteiger partial charge in [0, 0.05) is 29.5 Å². The van der Waals surface area contributed by atoms with Crippen molar-refractivity contribution in [1.82, 2.24) is 15.0 Å². The van der Waals surface area contributed by atoms with Crippen LogP contribution in [0.4, 0.5) is 5.69 Å². The standard InChI is InChI=1S/C11H13BrN4O/c1-16-7-10(14-15-16)6-13-9-3-8(12)4-11(5-9)17-2/h3-5,7,13H,6H2,1-2H3. The van der Waals surface area contributed by atoms with Crippen LogP contribution in [-0.2, 0) is 13.6 Å². The number of rotatable bonds is 4. The molecule has 1 heterocycles. The van der Waals surface area contributed by atoms with Crippen LogP contribution in [0.3, 0.4) is 0 Å². The van der Waals surface area contributed by atoms with Crippen molar-refractivity contribution < 1.29 is 4.74 Å². The van der Waals surface area contributed by atoms with Gasteiger partial charge in [-0.2, -0.15) is 0 Å². The highest BCUT2D eigenvalue weighted by atomic mass is 79.9. The lowest BCUT2D eigenvalue weighted by Gasteiger charge is -2.07. The van der Waals surface area contributed by atoms with Crippen LogP contribution in [-0.4, -0.2) is 22.1 Å². The Kier molecular flexibility index (Phi) is 3.63. The first-order valence-corrected chi connectivity index (χ1v) is 5.90. The van der Waals surface area contributed by atoms with E-state index in [1.165, 1.54) is 0 Å². The molecule has 0 spiro atoms. The molecule has 6 heteroatoms. The lowest BCUT2D eigenvalue weighted by atomic mass is 10.3. The molecule has 0 saturated heterocycles. The molecule has 0 bridgehead atoms. The third-order valence-electron chi connectivity index (χ3n) is 2.23. The number of hydrogen-bond donors (Lipinski definition) is 1. The fourth-order valence-corrected chi connectivity index (χ4v) is 1.92. The molecule has 0 amide bonds. The van der Waals surface area contributed by atoms with Gasteiger partial charge in [0.1, 0.15) is 11.4 Å². The maximum atomic E-state index is 5.19. The van der Waals surface area contributed by atoms with Crippen LogP contribution < -0.4 is 10.1 Å². The summed E-state index contributed by atoms with van der Waals surface area (Å²) in [7, 11) is 3.49. The molecule has 0 atom stereocenters. The summed E-state index contributed by atoms with van der Waals surface area (Å²) in [6.45, 7) is 0.632. The van der Waals surface area contributed by atoms with Crippen LogP contribution in [0, 0.1) is 0 Å². The molecule has 0 aliphatic heterocycles. The Hall–Kier alpha value is -1.56. The van der Waals surface area contributed by atoms with Crippen LogP contribution >= 0.6 is 15.9 Å². The monoisotopic (exact) mass is 296 g/mol. The van der Waals surface area contributed by atoms with Crippen molar-refractivity contribution in [3.63, 3.8) is 0 Å². The molecule has 0 radical (unpaired) electrons. The smallest absolute Gasteiger partial charge is 0.122 e. The van der Waals surface area contributed by atoms with Crippen molar-refractivity contribution in [2.45, 2.75) is 6.54 Å². The van der Waals surface area contributed by atoms with E-state index in [1.807, 2.05) is 31.4 Å². The maximum Gasteiger partial charge on any atom is 0.122 e. The fourth-order valence-electron chi connectivity index (χ4n) is 1.45. The van der Waals surface area contributed by atoms with Crippen molar-refractivity contribution in [3.05, 3.63) is 34.6 Å². The minimum atomic E-state index is 0.632. The Bertz CT molecular complexity index is 512. The number of nitrogens with zero attached hydrogens (tertiary/aromatic N) is 3. The number of hydrogen-bond acceptors (Lipinski definition) is 4. The van der Waals surface area contributed by atoms with Gasteiger partial charge in [-0.1, -0.05) is 21.1 Å². The van der Waals surface area contributed by atoms with Gasteiger partial charge in [-0.3, -0.25) is 4.68 Å². The van der Waals surface area contributed by atoms with Gasteiger partial charge in [0.05, 0.1) is 13.7 Å². The summed E-state index contributed by atoms with van der Waals surface area (Å²) in [6, 6.07) is 5.83. The summed E-state index contributed by atoms with van der Waals surface area (Å²) in [5, 5.41) is 11.1.